The highest BCUT2D eigenvalue weighted by Crippen LogP contribution is 2.29. The number of rotatable bonds is 10. The third kappa shape index (κ3) is 5.54. The summed E-state index contributed by atoms with van der Waals surface area (Å²) in [5.74, 6) is 1.12. The van der Waals surface area contributed by atoms with Crippen molar-refractivity contribution >= 4 is 28.5 Å². The number of hydrogen-bond acceptors (Lipinski definition) is 6. The summed E-state index contributed by atoms with van der Waals surface area (Å²) in [6.45, 7) is 0.409. The smallest absolute Gasteiger partial charge is 0.337 e. The normalized spacial score (nSPS) is 11.4. The summed E-state index contributed by atoms with van der Waals surface area (Å²) in [5, 5.41) is 31.8. The Kier molecular flexibility index (Phi) is 7.88. The molecule has 0 saturated heterocycles. The van der Waals surface area contributed by atoms with Gasteiger partial charge in [0.15, 0.2) is 0 Å². The van der Waals surface area contributed by atoms with E-state index in [4.69, 9.17) is 21.2 Å². The molecule has 0 aliphatic heterocycles. The van der Waals surface area contributed by atoms with E-state index < -0.39 is 18.0 Å². The van der Waals surface area contributed by atoms with Crippen molar-refractivity contribution in [3.63, 3.8) is 0 Å². The van der Waals surface area contributed by atoms with Crippen molar-refractivity contribution in [1.82, 2.24) is 4.57 Å². The minimum atomic E-state index is -1.26. The standard InChI is InChI=1S/C25H23N3O6/c1-3-4-10-33-14-18(29)15-34-22-7-5-6-17-12-21(28(2)23(17)22)24(30)27-20-9-8-16(13-26)11-19(20)25(31)32/h1,5-9,11-12,18,29H,4,10,14-15H2,2H3,(H,27,30)(H,31,32). The summed E-state index contributed by atoms with van der Waals surface area (Å²) in [5.41, 5.74) is 0.960. The van der Waals surface area contributed by atoms with Gasteiger partial charge in [0.1, 0.15) is 24.2 Å². The fraction of sp³-hybridized carbons (Fsp3) is 0.240. The maximum absolute atomic E-state index is 13.0. The number of ether oxygens (including phenoxy) is 2. The molecule has 2 aromatic carbocycles. The fourth-order valence-corrected chi connectivity index (χ4v) is 3.38. The lowest BCUT2D eigenvalue weighted by atomic mass is 10.1. The van der Waals surface area contributed by atoms with Gasteiger partial charge in [-0.2, -0.15) is 5.26 Å². The lowest BCUT2D eigenvalue weighted by molar-refractivity contribution is 0.0142. The lowest BCUT2D eigenvalue weighted by Gasteiger charge is -2.14. The van der Waals surface area contributed by atoms with Gasteiger partial charge < -0.3 is 29.6 Å². The van der Waals surface area contributed by atoms with Gasteiger partial charge in [-0.05, 0) is 30.3 Å². The van der Waals surface area contributed by atoms with E-state index in [1.807, 2.05) is 12.1 Å². The summed E-state index contributed by atoms with van der Waals surface area (Å²) in [6, 6.07) is 12.8. The summed E-state index contributed by atoms with van der Waals surface area (Å²) in [6.07, 6.45) is 4.76. The highest BCUT2D eigenvalue weighted by atomic mass is 16.5. The number of para-hydroxylation sites is 1. The molecule has 0 saturated carbocycles. The molecule has 9 nitrogen and oxygen atoms in total. The number of aliphatic hydroxyl groups excluding tert-OH is 1. The van der Waals surface area contributed by atoms with Crippen molar-refractivity contribution in [1.29, 1.82) is 5.26 Å². The average Bonchev–Trinajstić information content (AvgIpc) is 3.17. The van der Waals surface area contributed by atoms with Crippen LogP contribution in [-0.2, 0) is 11.8 Å². The molecular formula is C25H23N3O6. The topological polar surface area (TPSA) is 134 Å². The summed E-state index contributed by atoms with van der Waals surface area (Å²) < 4.78 is 12.7. The zero-order valence-corrected chi connectivity index (χ0v) is 18.4. The second-order valence-electron chi connectivity index (χ2n) is 7.41. The number of benzene rings is 2. The van der Waals surface area contributed by atoms with Crippen molar-refractivity contribution in [2.75, 3.05) is 25.1 Å². The molecule has 0 aliphatic carbocycles. The van der Waals surface area contributed by atoms with E-state index in [1.54, 1.807) is 29.8 Å². The Morgan fingerprint density at radius 2 is 2.03 bits per heavy atom. The Morgan fingerprint density at radius 1 is 1.24 bits per heavy atom. The first-order valence-corrected chi connectivity index (χ1v) is 10.3. The number of carbonyl (C=O) groups is 2. The number of nitrogens with zero attached hydrogens (tertiary/aromatic N) is 2. The van der Waals surface area contributed by atoms with Crippen LogP contribution in [0.2, 0.25) is 0 Å². The van der Waals surface area contributed by atoms with E-state index >= 15 is 0 Å². The summed E-state index contributed by atoms with van der Waals surface area (Å²) >= 11 is 0. The maximum atomic E-state index is 13.0. The van der Waals surface area contributed by atoms with Gasteiger partial charge >= 0.3 is 5.97 Å². The second-order valence-corrected chi connectivity index (χ2v) is 7.41. The van der Waals surface area contributed by atoms with Gasteiger partial charge in [-0.3, -0.25) is 4.79 Å². The minimum Gasteiger partial charge on any atom is -0.489 e. The third-order valence-electron chi connectivity index (χ3n) is 5.01. The Balaban J connectivity index is 1.80. The minimum absolute atomic E-state index is 0.0188. The summed E-state index contributed by atoms with van der Waals surface area (Å²) in [7, 11) is 1.68. The maximum Gasteiger partial charge on any atom is 0.337 e. The van der Waals surface area contributed by atoms with Crippen LogP contribution < -0.4 is 10.1 Å². The largest absolute Gasteiger partial charge is 0.489 e. The highest BCUT2D eigenvalue weighted by molar-refractivity contribution is 6.09. The number of carboxylic acids is 1. The number of carboxylic acid groups (broad SMARTS) is 1. The first kappa shape index (κ1) is 24.3. The van der Waals surface area contributed by atoms with Gasteiger partial charge in [-0.25, -0.2) is 4.79 Å². The van der Waals surface area contributed by atoms with Crippen LogP contribution in [0.1, 0.15) is 32.8 Å². The van der Waals surface area contributed by atoms with Gasteiger partial charge in [0.05, 0.1) is 41.6 Å². The first-order chi connectivity index (χ1) is 16.3. The van der Waals surface area contributed by atoms with Crippen LogP contribution in [0, 0.1) is 23.7 Å². The van der Waals surface area contributed by atoms with Crippen LogP contribution in [0.5, 0.6) is 5.75 Å². The predicted octanol–water partition coefficient (Wildman–Crippen LogP) is 2.78. The third-order valence-corrected chi connectivity index (χ3v) is 5.01. The van der Waals surface area contributed by atoms with Crippen LogP contribution in [0.3, 0.4) is 0 Å². The van der Waals surface area contributed by atoms with Crippen LogP contribution in [0.4, 0.5) is 5.69 Å². The number of nitriles is 1. The van der Waals surface area contributed by atoms with Crippen molar-refractivity contribution in [3.05, 3.63) is 59.3 Å². The number of aromatic carboxylic acids is 1. The molecule has 1 atom stereocenters. The molecule has 1 amide bonds. The quantitative estimate of drug-likeness (QED) is 0.312. The Hall–Kier alpha value is -4.31. The van der Waals surface area contributed by atoms with Gasteiger partial charge in [0, 0.05) is 18.9 Å². The molecule has 0 radical (unpaired) electrons. The molecule has 0 spiro atoms. The lowest BCUT2D eigenvalue weighted by Crippen LogP contribution is -2.24. The molecule has 0 fully saturated rings. The molecule has 3 N–H and O–H groups in total. The van der Waals surface area contributed by atoms with E-state index in [9.17, 15) is 19.8 Å². The Morgan fingerprint density at radius 3 is 2.74 bits per heavy atom. The molecular weight excluding hydrogens is 438 g/mol. The number of fused-ring (bicyclic) bond motifs is 1. The SMILES string of the molecule is C#CCCOCC(O)COc1cccc2cc(C(=O)Nc3ccc(C#N)cc3C(=O)O)n(C)c12. The van der Waals surface area contributed by atoms with Gasteiger partial charge in [-0.15, -0.1) is 12.3 Å². The Bertz CT molecular complexity index is 1300. The zero-order chi connectivity index (χ0) is 24.7. The van der Waals surface area contributed by atoms with Crippen LogP contribution in [-0.4, -0.2) is 52.6 Å². The number of anilines is 1. The van der Waals surface area contributed by atoms with Crippen molar-refractivity contribution < 1.29 is 29.3 Å². The van der Waals surface area contributed by atoms with E-state index in [0.29, 0.717) is 24.3 Å². The van der Waals surface area contributed by atoms with Crippen molar-refractivity contribution in [3.8, 4) is 24.2 Å². The number of aromatic nitrogens is 1. The molecule has 3 aromatic rings. The van der Waals surface area contributed by atoms with Crippen LogP contribution in [0.15, 0.2) is 42.5 Å². The number of amides is 1. The second kappa shape index (κ2) is 11.0. The average molecular weight is 461 g/mol. The van der Waals surface area contributed by atoms with Crippen molar-refractivity contribution in [2.45, 2.75) is 12.5 Å². The molecule has 34 heavy (non-hydrogen) atoms. The van der Waals surface area contributed by atoms with Gasteiger partial charge in [-0.1, -0.05) is 12.1 Å². The first-order valence-electron chi connectivity index (χ1n) is 10.3. The van der Waals surface area contributed by atoms with Crippen LogP contribution >= 0.6 is 0 Å². The van der Waals surface area contributed by atoms with Gasteiger partial charge in [0.2, 0.25) is 0 Å². The number of aryl methyl sites for hydroxylation is 1. The molecule has 9 heteroatoms. The monoisotopic (exact) mass is 461 g/mol. The number of hydrogen-bond donors (Lipinski definition) is 3. The van der Waals surface area contributed by atoms with Gasteiger partial charge in [0.25, 0.3) is 5.91 Å². The molecule has 174 valence electrons. The van der Waals surface area contributed by atoms with E-state index in [0.717, 1.165) is 5.39 Å². The molecule has 3 rings (SSSR count). The number of aliphatic hydroxyl groups is 1. The zero-order valence-electron chi connectivity index (χ0n) is 18.4. The van der Waals surface area contributed by atoms with Crippen molar-refractivity contribution in [2.24, 2.45) is 7.05 Å². The molecule has 1 heterocycles. The molecule has 0 bridgehead atoms. The predicted molar refractivity (Wildman–Crippen MR) is 125 cm³/mol. The molecule has 1 aromatic heterocycles. The number of carbonyl (C=O) groups excluding carboxylic acids is 1. The number of terminal acetylenes is 1. The molecule has 1 unspecified atom stereocenters. The highest BCUT2D eigenvalue weighted by Gasteiger charge is 2.19. The molecule has 0 aliphatic rings. The van der Waals surface area contributed by atoms with Crippen LogP contribution in [0.25, 0.3) is 10.9 Å². The van der Waals surface area contributed by atoms with E-state index in [-0.39, 0.29) is 35.7 Å². The van der Waals surface area contributed by atoms with E-state index in [1.165, 1.54) is 18.2 Å². The van der Waals surface area contributed by atoms with E-state index in [2.05, 4.69) is 11.2 Å². The number of nitrogens with one attached hydrogen (secondary N) is 1. The fourth-order valence-electron chi connectivity index (χ4n) is 3.38. The Labute approximate surface area is 196 Å². The summed E-state index contributed by atoms with van der Waals surface area (Å²) in [4.78, 5) is 24.5.